The zero-order chi connectivity index (χ0) is 24.3. The number of carboxylic acids is 1. The van der Waals surface area contributed by atoms with Gasteiger partial charge in [-0.15, -0.1) is 0 Å². The fraction of sp³-hybridized carbons (Fsp3) is 0.240. The zero-order valence-corrected chi connectivity index (χ0v) is 17.1. The highest BCUT2D eigenvalue weighted by Gasteiger charge is 2.30. The smallest absolute Gasteiger partial charge is 0.416 e. The molecule has 0 heterocycles. The highest BCUT2D eigenvalue weighted by Crippen LogP contribution is 2.33. The van der Waals surface area contributed by atoms with Crippen LogP contribution in [0.4, 0.5) is 13.2 Å². The number of aliphatic carboxylic acids is 1. The highest BCUT2D eigenvalue weighted by molar-refractivity contribution is 5.77. The molecule has 0 unspecified atom stereocenters. The van der Waals surface area contributed by atoms with Gasteiger partial charge in [-0.25, -0.2) is 0 Å². The lowest BCUT2D eigenvalue weighted by Gasteiger charge is -2.14. The summed E-state index contributed by atoms with van der Waals surface area (Å²) < 4.78 is 61.0. The molecule has 6 heteroatoms. The van der Waals surface area contributed by atoms with Crippen LogP contribution in [0.2, 0.25) is 0 Å². The molecule has 31 heavy (non-hydrogen) atoms. The summed E-state index contributed by atoms with van der Waals surface area (Å²) in [7, 11) is 0. The summed E-state index contributed by atoms with van der Waals surface area (Å²) in [6.07, 6.45) is -5.16. The Balaban J connectivity index is 1.96. The lowest BCUT2D eigenvalue weighted by molar-refractivity contribution is -0.138. The van der Waals surface area contributed by atoms with E-state index in [0.717, 1.165) is 17.7 Å². The Labute approximate surface area is 181 Å². The summed E-state index contributed by atoms with van der Waals surface area (Å²) >= 11 is 0. The number of halogens is 3. The normalized spacial score (nSPS) is 12.5. The minimum Gasteiger partial charge on any atom is -0.489 e. The Bertz CT molecular complexity index is 1160. The number of rotatable bonds is 7. The average Bonchev–Trinajstić information content (AvgIpc) is 2.72. The van der Waals surface area contributed by atoms with E-state index in [4.69, 9.17) is 7.48 Å². The molecule has 0 fully saturated rings. The van der Waals surface area contributed by atoms with Crippen molar-refractivity contribution in [2.75, 3.05) is 0 Å². The van der Waals surface area contributed by atoms with Crippen LogP contribution >= 0.6 is 0 Å². The number of ether oxygens (including phenoxy) is 1. The van der Waals surface area contributed by atoms with Crippen molar-refractivity contribution in [3.63, 3.8) is 0 Å². The second-order valence-corrected chi connectivity index (χ2v) is 7.47. The van der Waals surface area contributed by atoms with E-state index in [2.05, 4.69) is 13.8 Å². The van der Waals surface area contributed by atoms with Gasteiger partial charge in [0, 0.05) is 0 Å². The first-order valence-electron chi connectivity index (χ1n) is 10.7. The van der Waals surface area contributed by atoms with Gasteiger partial charge in [-0.3, -0.25) is 4.79 Å². The predicted octanol–water partition coefficient (Wildman–Crippen LogP) is 6.70. The minimum absolute atomic E-state index is 0.105. The second-order valence-electron chi connectivity index (χ2n) is 7.47. The molecule has 162 valence electrons. The standard InChI is InChI=1S/C25H23F3O3/c1-16(2)18-5-3-17(4-6-18)15-31-22-12-9-20(13-24(29)30)23(14-22)19-7-10-21(11-8-19)25(26,27)28/h3-12,14,16H,13,15H2,1-2H3,(H,29,30)/i9D,10D. The molecule has 0 radical (unpaired) electrons. The maximum atomic E-state index is 13.0. The summed E-state index contributed by atoms with van der Waals surface area (Å²) in [6.45, 7) is 4.38. The molecular formula is C25H23F3O3. The van der Waals surface area contributed by atoms with Gasteiger partial charge in [-0.2, -0.15) is 13.2 Å². The van der Waals surface area contributed by atoms with Gasteiger partial charge in [0.2, 0.25) is 0 Å². The molecule has 0 aliphatic heterocycles. The van der Waals surface area contributed by atoms with Crippen molar-refractivity contribution in [1.29, 1.82) is 0 Å². The largest absolute Gasteiger partial charge is 0.489 e. The molecule has 3 rings (SSSR count). The van der Waals surface area contributed by atoms with E-state index in [1.807, 2.05) is 24.3 Å². The van der Waals surface area contributed by atoms with E-state index in [0.29, 0.717) is 5.92 Å². The summed E-state index contributed by atoms with van der Waals surface area (Å²) in [5.74, 6) is -0.508. The number of carbonyl (C=O) groups is 1. The molecule has 3 nitrogen and oxygen atoms in total. The van der Waals surface area contributed by atoms with Crippen LogP contribution < -0.4 is 4.74 Å². The molecule has 0 saturated heterocycles. The van der Waals surface area contributed by atoms with E-state index in [-0.39, 0.29) is 35.1 Å². The van der Waals surface area contributed by atoms with E-state index in [1.165, 1.54) is 23.8 Å². The maximum absolute atomic E-state index is 13.0. The fourth-order valence-corrected chi connectivity index (χ4v) is 3.08. The molecule has 0 bridgehead atoms. The first kappa shape index (κ1) is 19.7. The van der Waals surface area contributed by atoms with Gasteiger partial charge < -0.3 is 9.84 Å². The number of alkyl halides is 3. The first-order valence-corrected chi connectivity index (χ1v) is 9.71. The van der Waals surface area contributed by atoms with Crippen molar-refractivity contribution in [1.82, 2.24) is 0 Å². The van der Waals surface area contributed by atoms with Gasteiger partial charge >= 0.3 is 12.1 Å². The fourth-order valence-electron chi connectivity index (χ4n) is 3.08. The lowest BCUT2D eigenvalue weighted by atomic mass is 9.96. The van der Waals surface area contributed by atoms with Crippen LogP contribution in [0.25, 0.3) is 11.1 Å². The van der Waals surface area contributed by atoms with Crippen LogP contribution in [-0.2, 0) is 24.0 Å². The summed E-state index contributed by atoms with van der Waals surface area (Å²) in [4.78, 5) is 11.3. The molecule has 0 aliphatic carbocycles. The number of benzene rings is 3. The van der Waals surface area contributed by atoms with E-state index >= 15 is 0 Å². The van der Waals surface area contributed by atoms with Crippen LogP contribution in [0.1, 0.15) is 44.8 Å². The van der Waals surface area contributed by atoms with Gasteiger partial charge in [0.25, 0.3) is 0 Å². The van der Waals surface area contributed by atoms with Gasteiger partial charge in [-0.05, 0) is 58.0 Å². The molecule has 0 spiro atoms. The molecule has 1 N–H and O–H groups in total. The second kappa shape index (κ2) is 9.25. The molecule has 0 saturated carbocycles. The molecule has 0 aromatic heterocycles. The predicted molar refractivity (Wildman–Crippen MR) is 113 cm³/mol. The van der Waals surface area contributed by atoms with Crippen LogP contribution in [0.5, 0.6) is 5.75 Å². The van der Waals surface area contributed by atoms with Crippen molar-refractivity contribution >= 4 is 5.97 Å². The van der Waals surface area contributed by atoms with Crippen molar-refractivity contribution in [2.45, 2.75) is 39.0 Å². The van der Waals surface area contributed by atoms with Gasteiger partial charge in [-0.1, -0.05) is 56.3 Å². The van der Waals surface area contributed by atoms with E-state index in [1.54, 1.807) is 0 Å². The number of hydrogen-bond acceptors (Lipinski definition) is 2. The van der Waals surface area contributed by atoms with Crippen molar-refractivity contribution in [3.05, 3.63) is 88.9 Å². The summed E-state index contributed by atoms with van der Waals surface area (Å²) in [5, 5.41) is 9.25. The third-order valence-corrected chi connectivity index (χ3v) is 4.81. The molecule has 0 amide bonds. The summed E-state index contributed by atoms with van der Waals surface area (Å²) in [6, 6.07) is 12.9. The monoisotopic (exact) mass is 430 g/mol. The van der Waals surface area contributed by atoms with Crippen LogP contribution in [0.3, 0.4) is 0 Å². The Morgan fingerprint density at radius 3 is 2.35 bits per heavy atom. The maximum Gasteiger partial charge on any atom is 0.416 e. The Morgan fingerprint density at radius 2 is 1.77 bits per heavy atom. The van der Waals surface area contributed by atoms with Crippen LogP contribution in [-0.4, -0.2) is 11.1 Å². The quantitative estimate of drug-likeness (QED) is 0.454. The van der Waals surface area contributed by atoms with Gasteiger partial charge in [0.1, 0.15) is 12.4 Å². The van der Waals surface area contributed by atoms with E-state index < -0.39 is 30.2 Å². The third kappa shape index (κ3) is 5.87. The molecule has 3 aromatic rings. The SMILES string of the molecule is [2H]c1cc(-c2cc(OCc3ccc(C(C)C)cc3)cc([2H])c2CC(=O)O)ccc1C(F)(F)F. The van der Waals surface area contributed by atoms with Crippen LogP contribution in [0.15, 0.2) is 66.7 Å². The number of carboxylic acid groups (broad SMARTS) is 1. The lowest BCUT2D eigenvalue weighted by Crippen LogP contribution is -2.05. The Kier molecular flexibility index (Phi) is 5.87. The Hall–Kier alpha value is -3.28. The molecule has 0 aliphatic rings. The van der Waals surface area contributed by atoms with Gasteiger partial charge in [0.05, 0.1) is 14.7 Å². The topological polar surface area (TPSA) is 46.5 Å². The van der Waals surface area contributed by atoms with Gasteiger partial charge in [0.15, 0.2) is 0 Å². The molecular weight excluding hydrogens is 405 g/mol. The molecule has 0 atom stereocenters. The summed E-state index contributed by atoms with van der Waals surface area (Å²) in [5.41, 5.74) is 1.58. The highest BCUT2D eigenvalue weighted by atomic mass is 19.4. The van der Waals surface area contributed by atoms with E-state index in [9.17, 15) is 23.1 Å². The first-order chi connectivity index (χ1) is 15.5. The molecule has 3 aromatic carbocycles. The Morgan fingerprint density at radius 1 is 1.06 bits per heavy atom. The third-order valence-electron chi connectivity index (χ3n) is 4.81. The van der Waals surface area contributed by atoms with Crippen LogP contribution in [0, 0.1) is 0 Å². The minimum atomic E-state index is -4.67. The van der Waals surface area contributed by atoms with Crippen molar-refractivity contribution in [2.24, 2.45) is 0 Å². The van der Waals surface area contributed by atoms with Crippen molar-refractivity contribution < 1.29 is 30.6 Å². The number of hydrogen-bond donors (Lipinski definition) is 1. The average molecular weight is 430 g/mol. The zero-order valence-electron chi connectivity index (χ0n) is 19.1. The van der Waals surface area contributed by atoms with Crippen molar-refractivity contribution in [3.8, 4) is 16.9 Å².